The van der Waals surface area contributed by atoms with Crippen molar-refractivity contribution in [2.75, 3.05) is 42.7 Å². The second kappa shape index (κ2) is 18.3. The molecule has 2 amide bonds. The summed E-state index contributed by atoms with van der Waals surface area (Å²) in [6, 6.07) is 35.9. The van der Waals surface area contributed by atoms with Gasteiger partial charge in [-0.05, 0) is 68.5 Å². The van der Waals surface area contributed by atoms with Gasteiger partial charge in [0.05, 0.1) is 11.4 Å². The Hall–Kier alpha value is -4.88. The summed E-state index contributed by atoms with van der Waals surface area (Å²) in [6.07, 6.45) is -4.53. The van der Waals surface area contributed by atoms with Crippen LogP contribution in [0.1, 0.15) is 6.92 Å². The first kappa shape index (κ1) is 36.6. The molecular formula is C35H40N4O7S. The van der Waals surface area contributed by atoms with Crippen molar-refractivity contribution >= 4 is 52.5 Å². The van der Waals surface area contributed by atoms with Gasteiger partial charge in [0.1, 0.15) is 0 Å². The summed E-state index contributed by atoms with van der Waals surface area (Å²) in [7, 11) is 4.29. The number of carboxylic acid groups (broad SMARTS) is 2. The number of fused-ring (bicyclic) bond motifs is 2. The lowest BCUT2D eigenvalue weighted by atomic mass is 10.1. The Labute approximate surface area is 278 Å². The van der Waals surface area contributed by atoms with Gasteiger partial charge in [-0.15, -0.1) is 0 Å². The molecule has 0 radical (unpaired) electrons. The van der Waals surface area contributed by atoms with E-state index in [4.69, 9.17) is 20.4 Å². The summed E-state index contributed by atoms with van der Waals surface area (Å²) in [5, 5.41) is 38.0. The molecule has 0 saturated carbocycles. The zero-order valence-electron chi connectivity index (χ0n) is 26.4. The van der Waals surface area contributed by atoms with Gasteiger partial charge in [0.25, 0.3) is 0 Å². The number of benzene rings is 4. The minimum atomic E-state index is -2.27. The van der Waals surface area contributed by atoms with Crippen molar-refractivity contribution in [2.45, 2.75) is 28.9 Å². The second-order valence-electron chi connectivity index (χ2n) is 10.9. The van der Waals surface area contributed by atoms with Crippen LogP contribution in [0.15, 0.2) is 119 Å². The summed E-state index contributed by atoms with van der Waals surface area (Å²) in [5.74, 6) is -2.92. The largest absolute Gasteiger partial charge is 0.479 e. The number of nitrogens with zero attached hydrogens (tertiary/aromatic N) is 2. The summed E-state index contributed by atoms with van der Waals surface area (Å²) in [5.41, 5.74) is 4.23. The average Bonchev–Trinajstić information content (AvgIpc) is 3.05. The standard InChI is InChI=1S/C18H22N2S.C13H12N2O.C4H6O6/c1-14(12-19(2)3)13-20-15-8-4-6-10-17(15)21-18-11-7-5-9-16(18)20;16-13(14-11-7-3-1-4-8-11)15-12-9-5-2-6-10-12;5-1(3(7)8)2(6)4(9)10/h4-11,14H,12-13H2,1-3H3;1-10H,(H2,14,15,16);1-2,5-6H,(H,7,8)(H,9,10). The number of rotatable bonds is 9. The third-order valence-corrected chi connectivity index (χ3v) is 7.70. The lowest BCUT2D eigenvalue weighted by Crippen LogP contribution is -2.39. The zero-order valence-corrected chi connectivity index (χ0v) is 27.2. The van der Waals surface area contributed by atoms with Crippen LogP contribution in [0.3, 0.4) is 0 Å². The number of amides is 2. The Morgan fingerprint density at radius 1 is 0.681 bits per heavy atom. The molecule has 4 aromatic carbocycles. The molecule has 3 atom stereocenters. The van der Waals surface area contributed by atoms with Gasteiger partial charge in [0.15, 0.2) is 12.2 Å². The average molecular weight is 661 g/mol. The van der Waals surface area contributed by atoms with Gasteiger partial charge >= 0.3 is 18.0 Å². The monoisotopic (exact) mass is 660 g/mol. The Bertz CT molecular complexity index is 1480. The molecular weight excluding hydrogens is 620 g/mol. The molecule has 1 aliphatic heterocycles. The predicted molar refractivity (Wildman–Crippen MR) is 185 cm³/mol. The second-order valence-corrected chi connectivity index (χ2v) is 12.0. The number of nitrogens with one attached hydrogen (secondary N) is 2. The summed E-state index contributed by atoms with van der Waals surface area (Å²) < 4.78 is 0. The summed E-state index contributed by atoms with van der Waals surface area (Å²) in [4.78, 5) is 38.6. The van der Waals surface area contributed by atoms with E-state index in [0.717, 1.165) is 24.5 Å². The maximum Gasteiger partial charge on any atom is 0.335 e. The minimum absolute atomic E-state index is 0.239. The molecule has 47 heavy (non-hydrogen) atoms. The fraction of sp³-hybridized carbons (Fsp3) is 0.229. The highest BCUT2D eigenvalue weighted by Gasteiger charge is 2.29. The fourth-order valence-corrected chi connectivity index (χ4v) is 5.67. The van der Waals surface area contributed by atoms with Crippen molar-refractivity contribution in [3.8, 4) is 0 Å². The molecule has 6 N–H and O–H groups in total. The van der Waals surface area contributed by atoms with Crippen LogP contribution in [0.5, 0.6) is 0 Å². The lowest BCUT2D eigenvalue weighted by molar-refractivity contribution is -0.165. The van der Waals surface area contributed by atoms with Crippen LogP contribution in [-0.2, 0) is 9.59 Å². The first-order valence-corrected chi connectivity index (χ1v) is 15.6. The number of carbonyl (C=O) groups excluding carboxylic acids is 1. The number of anilines is 4. The van der Waals surface area contributed by atoms with Crippen LogP contribution in [0.4, 0.5) is 27.5 Å². The minimum Gasteiger partial charge on any atom is -0.479 e. The van der Waals surface area contributed by atoms with Crippen LogP contribution in [0.2, 0.25) is 0 Å². The van der Waals surface area contributed by atoms with Crippen LogP contribution in [0.25, 0.3) is 0 Å². The normalized spacial score (nSPS) is 13.2. The molecule has 0 spiro atoms. The fourth-order valence-electron chi connectivity index (χ4n) is 4.58. The SMILES string of the molecule is CC(CN(C)C)CN1c2ccccc2Sc2ccccc21.O=C(Nc1ccccc1)Nc1ccccc1.O=C(O)C(O)C(O)C(=O)O. The Balaban J connectivity index is 0.000000205. The first-order valence-electron chi connectivity index (χ1n) is 14.7. The van der Waals surface area contributed by atoms with Crippen LogP contribution in [0, 0.1) is 5.92 Å². The van der Waals surface area contributed by atoms with Gasteiger partial charge in [-0.2, -0.15) is 0 Å². The number of carboxylic acids is 2. The Kier molecular flexibility index (Phi) is 14.3. The molecule has 248 valence electrons. The number of carbonyl (C=O) groups is 3. The van der Waals surface area contributed by atoms with E-state index in [-0.39, 0.29) is 6.03 Å². The highest BCUT2D eigenvalue weighted by atomic mass is 32.2. The predicted octanol–water partition coefficient (Wildman–Crippen LogP) is 5.70. The van der Waals surface area contributed by atoms with Crippen molar-refractivity contribution in [2.24, 2.45) is 5.92 Å². The van der Waals surface area contributed by atoms with Gasteiger partial charge in [-0.3, -0.25) is 0 Å². The smallest absolute Gasteiger partial charge is 0.335 e. The van der Waals surface area contributed by atoms with E-state index in [2.05, 4.69) is 90.0 Å². The molecule has 12 heteroatoms. The number of hydrogen-bond donors (Lipinski definition) is 6. The number of aliphatic hydroxyl groups excluding tert-OH is 2. The van der Waals surface area contributed by atoms with E-state index in [1.165, 1.54) is 21.2 Å². The van der Waals surface area contributed by atoms with Crippen LogP contribution in [-0.4, -0.2) is 82.7 Å². The first-order chi connectivity index (χ1) is 22.5. The van der Waals surface area contributed by atoms with Gasteiger partial charge in [-0.25, -0.2) is 14.4 Å². The highest BCUT2D eigenvalue weighted by molar-refractivity contribution is 7.99. The quantitative estimate of drug-likeness (QED) is 0.131. The van der Waals surface area contributed by atoms with Gasteiger partial charge in [0, 0.05) is 34.3 Å². The molecule has 0 bridgehead atoms. The van der Waals surface area contributed by atoms with Crippen molar-refractivity contribution in [3.05, 3.63) is 109 Å². The number of urea groups is 1. The van der Waals surface area contributed by atoms with Gasteiger partial charge < -0.3 is 40.9 Å². The molecule has 0 fully saturated rings. The highest BCUT2D eigenvalue weighted by Crippen LogP contribution is 2.48. The van der Waals surface area contributed by atoms with Crippen molar-refractivity contribution in [1.82, 2.24) is 4.90 Å². The van der Waals surface area contributed by atoms with Gasteiger partial charge in [0.2, 0.25) is 0 Å². The molecule has 5 rings (SSSR count). The molecule has 11 nitrogen and oxygen atoms in total. The molecule has 0 aromatic heterocycles. The molecule has 0 aliphatic carbocycles. The molecule has 1 aliphatic rings. The Morgan fingerprint density at radius 2 is 1.06 bits per heavy atom. The van der Waals surface area contributed by atoms with E-state index in [1.54, 1.807) is 0 Å². The van der Waals surface area contributed by atoms with Crippen molar-refractivity contribution < 1.29 is 34.8 Å². The van der Waals surface area contributed by atoms with E-state index in [1.807, 2.05) is 72.4 Å². The number of hydrogen-bond acceptors (Lipinski definition) is 8. The van der Waals surface area contributed by atoms with Crippen molar-refractivity contribution in [1.29, 1.82) is 0 Å². The number of para-hydroxylation sites is 4. The lowest BCUT2D eigenvalue weighted by Gasteiger charge is -2.35. The topological polar surface area (TPSA) is 163 Å². The third kappa shape index (κ3) is 11.8. The maximum atomic E-state index is 11.6. The third-order valence-electron chi connectivity index (χ3n) is 6.57. The molecule has 4 aromatic rings. The van der Waals surface area contributed by atoms with E-state index >= 15 is 0 Å². The Morgan fingerprint density at radius 3 is 1.45 bits per heavy atom. The van der Waals surface area contributed by atoms with Crippen LogP contribution >= 0.6 is 11.8 Å². The maximum absolute atomic E-state index is 11.6. The van der Waals surface area contributed by atoms with Crippen molar-refractivity contribution in [3.63, 3.8) is 0 Å². The molecule has 3 unspecified atom stereocenters. The van der Waals surface area contributed by atoms with Crippen LogP contribution < -0.4 is 15.5 Å². The molecule has 1 heterocycles. The number of aliphatic hydroxyl groups is 2. The van der Waals surface area contributed by atoms with E-state index in [0.29, 0.717) is 5.92 Å². The van der Waals surface area contributed by atoms with E-state index in [9.17, 15) is 14.4 Å². The summed E-state index contributed by atoms with van der Waals surface area (Å²) in [6.45, 7) is 4.48. The molecule has 0 saturated heterocycles. The number of aliphatic carboxylic acids is 2. The summed E-state index contributed by atoms with van der Waals surface area (Å²) >= 11 is 1.88. The zero-order chi connectivity index (χ0) is 34.3. The van der Waals surface area contributed by atoms with Gasteiger partial charge in [-0.1, -0.05) is 79.3 Å². The van der Waals surface area contributed by atoms with E-state index < -0.39 is 24.1 Å².